The number of amides is 1. The van der Waals surface area contributed by atoms with Crippen molar-refractivity contribution >= 4 is 22.5 Å². The number of benzene rings is 2. The lowest BCUT2D eigenvalue weighted by molar-refractivity contribution is -0.119. The minimum absolute atomic E-state index is 0.0898. The molecule has 1 aliphatic heterocycles. The van der Waals surface area contributed by atoms with E-state index in [0.717, 1.165) is 17.7 Å². The van der Waals surface area contributed by atoms with Gasteiger partial charge in [0.15, 0.2) is 0 Å². The molecule has 3 aromatic rings. The first-order valence-electron chi connectivity index (χ1n) is 7.66. The summed E-state index contributed by atoms with van der Waals surface area (Å²) in [6, 6.07) is 11.6. The fourth-order valence-electron chi connectivity index (χ4n) is 3.07. The molecule has 1 aromatic heterocycles. The van der Waals surface area contributed by atoms with Gasteiger partial charge in [0.2, 0.25) is 5.91 Å². The van der Waals surface area contributed by atoms with E-state index in [9.17, 15) is 14.0 Å². The van der Waals surface area contributed by atoms with E-state index in [2.05, 4.69) is 4.98 Å². The third kappa shape index (κ3) is 2.36. The van der Waals surface area contributed by atoms with Gasteiger partial charge in [0.1, 0.15) is 12.4 Å². The van der Waals surface area contributed by atoms with E-state index in [4.69, 9.17) is 0 Å². The average molecular weight is 323 g/mol. The third-order valence-electron chi connectivity index (χ3n) is 4.28. The molecule has 0 saturated heterocycles. The van der Waals surface area contributed by atoms with Gasteiger partial charge >= 0.3 is 0 Å². The Labute approximate surface area is 137 Å². The number of carbonyl (C=O) groups excluding carboxylic acids is 1. The molecule has 0 N–H and O–H groups in total. The molecule has 0 bridgehead atoms. The number of rotatable bonds is 2. The highest BCUT2D eigenvalue weighted by atomic mass is 19.1. The second kappa shape index (κ2) is 5.56. The normalized spacial score (nSPS) is 13.3. The molecule has 120 valence electrons. The number of para-hydroxylation sites is 1. The summed E-state index contributed by atoms with van der Waals surface area (Å²) in [6.07, 6.45) is 2.11. The SMILES string of the molecule is O=C(Cn1cnc2cc(F)ccc2c1=O)N1CCc2ccccc21. The molecule has 0 saturated carbocycles. The van der Waals surface area contributed by atoms with Gasteiger partial charge in [-0.1, -0.05) is 18.2 Å². The molecule has 0 spiro atoms. The number of hydrogen-bond donors (Lipinski definition) is 0. The van der Waals surface area contributed by atoms with Crippen molar-refractivity contribution in [1.82, 2.24) is 9.55 Å². The molecule has 1 amide bonds. The van der Waals surface area contributed by atoms with Crippen LogP contribution >= 0.6 is 0 Å². The Morgan fingerprint density at radius 2 is 2.04 bits per heavy atom. The highest BCUT2D eigenvalue weighted by molar-refractivity contribution is 5.95. The zero-order valence-electron chi connectivity index (χ0n) is 12.8. The van der Waals surface area contributed by atoms with Crippen LogP contribution in [0.25, 0.3) is 10.9 Å². The number of nitrogens with zero attached hydrogens (tertiary/aromatic N) is 3. The van der Waals surface area contributed by atoms with Crippen molar-refractivity contribution in [2.45, 2.75) is 13.0 Å². The summed E-state index contributed by atoms with van der Waals surface area (Å²) in [7, 11) is 0. The summed E-state index contributed by atoms with van der Waals surface area (Å²) in [5.74, 6) is -0.609. The average Bonchev–Trinajstić information content (AvgIpc) is 3.01. The number of carbonyl (C=O) groups is 1. The molecule has 2 aromatic carbocycles. The predicted molar refractivity (Wildman–Crippen MR) is 88.5 cm³/mol. The minimum Gasteiger partial charge on any atom is -0.310 e. The van der Waals surface area contributed by atoms with E-state index in [1.54, 1.807) is 4.90 Å². The van der Waals surface area contributed by atoms with Gasteiger partial charge in [0, 0.05) is 18.3 Å². The molecule has 0 atom stereocenters. The standard InChI is InChI=1S/C18H14FN3O2/c19-13-5-6-14-15(9-13)20-11-21(18(14)24)10-17(23)22-8-7-12-3-1-2-4-16(12)22/h1-6,9,11H,7-8,10H2. The van der Waals surface area contributed by atoms with Crippen molar-refractivity contribution < 1.29 is 9.18 Å². The highest BCUT2D eigenvalue weighted by Gasteiger charge is 2.24. The van der Waals surface area contributed by atoms with Crippen molar-refractivity contribution in [3.05, 3.63) is 70.5 Å². The number of hydrogen-bond acceptors (Lipinski definition) is 3. The van der Waals surface area contributed by atoms with Crippen LogP contribution in [0.5, 0.6) is 0 Å². The Morgan fingerprint density at radius 3 is 2.92 bits per heavy atom. The minimum atomic E-state index is -0.447. The van der Waals surface area contributed by atoms with E-state index in [0.29, 0.717) is 11.9 Å². The second-order valence-corrected chi connectivity index (χ2v) is 5.76. The second-order valence-electron chi connectivity index (χ2n) is 5.76. The van der Waals surface area contributed by atoms with Gasteiger partial charge in [0.25, 0.3) is 5.56 Å². The van der Waals surface area contributed by atoms with Crippen molar-refractivity contribution in [3.8, 4) is 0 Å². The third-order valence-corrected chi connectivity index (χ3v) is 4.28. The fourth-order valence-corrected chi connectivity index (χ4v) is 3.07. The van der Waals surface area contributed by atoms with Gasteiger partial charge in [-0.3, -0.25) is 14.2 Å². The van der Waals surface area contributed by atoms with Gasteiger partial charge in [-0.15, -0.1) is 0 Å². The Hall–Kier alpha value is -3.02. The van der Waals surface area contributed by atoms with Gasteiger partial charge in [-0.25, -0.2) is 9.37 Å². The van der Waals surface area contributed by atoms with Crippen LogP contribution in [0.15, 0.2) is 53.6 Å². The summed E-state index contributed by atoms with van der Waals surface area (Å²) >= 11 is 0. The van der Waals surface area contributed by atoms with Crippen molar-refractivity contribution in [2.24, 2.45) is 0 Å². The van der Waals surface area contributed by atoms with E-state index >= 15 is 0 Å². The van der Waals surface area contributed by atoms with Crippen molar-refractivity contribution in [1.29, 1.82) is 0 Å². The maximum Gasteiger partial charge on any atom is 0.261 e. The van der Waals surface area contributed by atoms with E-state index in [1.165, 1.54) is 29.1 Å². The smallest absolute Gasteiger partial charge is 0.261 e. The maximum absolute atomic E-state index is 13.2. The first kappa shape index (κ1) is 14.6. The lowest BCUT2D eigenvalue weighted by Crippen LogP contribution is -2.35. The van der Waals surface area contributed by atoms with Gasteiger partial charge in [0.05, 0.1) is 17.2 Å². The zero-order chi connectivity index (χ0) is 16.7. The first-order valence-corrected chi connectivity index (χ1v) is 7.66. The van der Waals surface area contributed by atoms with Gasteiger partial charge < -0.3 is 4.90 Å². The molecule has 5 nitrogen and oxygen atoms in total. The number of anilines is 1. The Kier molecular flexibility index (Phi) is 3.37. The molecule has 0 aliphatic carbocycles. The van der Waals surface area contributed by atoms with Crippen LogP contribution < -0.4 is 10.5 Å². The Balaban J connectivity index is 1.65. The summed E-state index contributed by atoms with van der Waals surface area (Å²) in [5.41, 5.74) is 1.97. The molecule has 24 heavy (non-hydrogen) atoms. The molecule has 2 heterocycles. The summed E-state index contributed by atoms with van der Waals surface area (Å²) in [5, 5.41) is 0.300. The van der Waals surface area contributed by atoms with Crippen LogP contribution in [0, 0.1) is 5.82 Å². The topological polar surface area (TPSA) is 55.2 Å². The van der Waals surface area contributed by atoms with E-state index in [1.807, 2.05) is 24.3 Å². The molecule has 0 fully saturated rings. The Bertz CT molecular complexity index is 1010. The monoisotopic (exact) mass is 323 g/mol. The molecule has 1 aliphatic rings. The largest absolute Gasteiger partial charge is 0.310 e. The van der Waals surface area contributed by atoms with Gasteiger partial charge in [-0.2, -0.15) is 0 Å². The molecule has 0 unspecified atom stereocenters. The predicted octanol–water partition coefficient (Wildman–Crippen LogP) is 2.12. The highest BCUT2D eigenvalue weighted by Crippen LogP contribution is 2.27. The molecular formula is C18H14FN3O2. The summed E-state index contributed by atoms with van der Waals surface area (Å²) < 4.78 is 14.5. The number of fused-ring (bicyclic) bond motifs is 2. The maximum atomic E-state index is 13.2. The van der Waals surface area contributed by atoms with Gasteiger partial charge in [-0.05, 0) is 30.2 Å². The van der Waals surface area contributed by atoms with E-state index < -0.39 is 5.82 Å². The summed E-state index contributed by atoms with van der Waals surface area (Å²) in [6.45, 7) is 0.520. The summed E-state index contributed by atoms with van der Waals surface area (Å²) in [4.78, 5) is 30.8. The quantitative estimate of drug-likeness (QED) is 0.726. The van der Waals surface area contributed by atoms with Crippen LogP contribution in [-0.2, 0) is 17.8 Å². The van der Waals surface area contributed by atoms with Crippen LogP contribution in [0.2, 0.25) is 0 Å². The van der Waals surface area contributed by atoms with Crippen LogP contribution in [-0.4, -0.2) is 22.0 Å². The first-order chi connectivity index (χ1) is 11.6. The lowest BCUT2D eigenvalue weighted by atomic mass is 10.2. The fraction of sp³-hybridized carbons (Fsp3) is 0.167. The van der Waals surface area contributed by atoms with Crippen molar-refractivity contribution in [3.63, 3.8) is 0 Å². The van der Waals surface area contributed by atoms with Crippen molar-refractivity contribution in [2.75, 3.05) is 11.4 Å². The van der Waals surface area contributed by atoms with Crippen LogP contribution in [0.1, 0.15) is 5.56 Å². The number of aromatic nitrogens is 2. The molecule has 6 heteroatoms. The molecule has 0 radical (unpaired) electrons. The lowest BCUT2D eigenvalue weighted by Gasteiger charge is -2.18. The van der Waals surface area contributed by atoms with Crippen LogP contribution in [0.3, 0.4) is 0 Å². The zero-order valence-corrected chi connectivity index (χ0v) is 12.8. The van der Waals surface area contributed by atoms with Crippen LogP contribution in [0.4, 0.5) is 10.1 Å². The number of halogens is 1. The Morgan fingerprint density at radius 1 is 1.21 bits per heavy atom. The van der Waals surface area contributed by atoms with E-state index in [-0.39, 0.29) is 23.5 Å². The molecular weight excluding hydrogens is 309 g/mol. The molecule has 4 rings (SSSR count).